The van der Waals surface area contributed by atoms with Crippen molar-refractivity contribution in [3.8, 4) is 0 Å². The number of nitrogens with one attached hydrogen (secondary N) is 1. The Bertz CT molecular complexity index is 1040. The number of anilines is 2. The molecule has 2 aromatic carbocycles. The van der Waals surface area contributed by atoms with Gasteiger partial charge in [0.2, 0.25) is 11.8 Å². The molecule has 0 aliphatic carbocycles. The van der Waals surface area contributed by atoms with Crippen molar-refractivity contribution in [2.24, 2.45) is 0 Å². The molecule has 1 unspecified atom stereocenters. The predicted molar refractivity (Wildman–Crippen MR) is 122 cm³/mol. The van der Waals surface area contributed by atoms with E-state index in [4.69, 9.17) is 23.2 Å². The molecule has 0 bridgehead atoms. The Kier molecular flexibility index (Phi) is 6.21. The minimum absolute atomic E-state index is 0.0129. The van der Waals surface area contributed by atoms with Gasteiger partial charge in [0.05, 0.1) is 0 Å². The number of fused-ring (bicyclic) bond motifs is 1. The zero-order chi connectivity index (χ0) is 22.1. The van der Waals surface area contributed by atoms with Crippen molar-refractivity contribution in [2.45, 2.75) is 38.6 Å². The fourth-order valence-corrected chi connectivity index (χ4v) is 4.88. The van der Waals surface area contributed by atoms with Gasteiger partial charge in [0.1, 0.15) is 6.04 Å². The average Bonchev–Trinajstić information content (AvgIpc) is 3.21. The molecule has 0 spiro atoms. The summed E-state index contributed by atoms with van der Waals surface area (Å²) in [6.45, 7) is 2.77. The molecule has 4 rings (SSSR count). The molecule has 0 saturated carbocycles. The Balaban J connectivity index is 1.50. The topological polar surface area (TPSA) is 69.7 Å². The molecule has 1 atom stereocenters. The molecule has 2 aromatic rings. The monoisotopic (exact) mass is 459 g/mol. The number of aryl methyl sites for hydroxylation is 1. The van der Waals surface area contributed by atoms with Gasteiger partial charge in [-0.1, -0.05) is 23.2 Å². The molecular weight excluding hydrogens is 437 g/mol. The first-order chi connectivity index (χ1) is 14.8. The van der Waals surface area contributed by atoms with E-state index in [0.717, 1.165) is 30.5 Å². The molecule has 162 valence electrons. The third-order valence-electron chi connectivity index (χ3n) is 5.77. The fraction of sp³-hybridized carbons (Fsp3) is 0.348. The Hall–Kier alpha value is -2.57. The second kappa shape index (κ2) is 8.89. The Morgan fingerprint density at radius 2 is 1.74 bits per heavy atom. The second-order valence-corrected chi connectivity index (χ2v) is 8.79. The quantitative estimate of drug-likeness (QED) is 0.732. The van der Waals surface area contributed by atoms with E-state index >= 15 is 0 Å². The average molecular weight is 460 g/mol. The van der Waals surface area contributed by atoms with Crippen LogP contribution in [0.4, 0.5) is 11.4 Å². The Labute approximate surface area is 191 Å². The van der Waals surface area contributed by atoms with Crippen LogP contribution in [0.3, 0.4) is 0 Å². The van der Waals surface area contributed by atoms with Gasteiger partial charge in [0.25, 0.3) is 5.91 Å². The molecule has 1 fully saturated rings. The van der Waals surface area contributed by atoms with E-state index in [-0.39, 0.29) is 17.7 Å². The van der Waals surface area contributed by atoms with Crippen molar-refractivity contribution in [1.29, 1.82) is 0 Å². The number of amides is 3. The van der Waals surface area contributed by atoms with Gasteiger partial charge in [-0.2, -0.15) is 0 Å². The van der Waals surface area contributed by atoms with E-state index in [2.05, 4.69) is 5.32 Å². The van der Waals surface area contributed by atoms with Crippen molar-refractivity contribution in [1.82, 2.24) is 4.90 Å². The van der Waals surface area contributed by atoms with Gasteiger partial charge in [0, 0.05) is 47.0 Å². The Morgan fingerprint density at radius 1 is 1.00 bits per heavy atom. The fourth-order valence-electron chi connectivity index (χ4n) is 4.35. The van der Waals surface area contributed by atoms with Crippen LogP contribution in [-0.4, -0.2) is 41.8 Å². The number of likely N-dealkylation sites (tertiary alicyclic amines) is 1. The highest BCUT2D eigenvalue weighted by atomic mass is 35.5. The van der Waals surface area contributed by atoms with Crippen molar-refractivity contribution in [3.05, 3.63) is 57.6 Å². The maximum atomic E-state index is 13.0. The number of hydrogen-bond acceptors (Lipinski definition) is 3. The molecule has 2 heterocycles. The summed E-state index contributed by atoms with van der Waals surface area (Å²) >= 11 is 12.1. The summed E-state index contributed by atoms with van der Waals surface area (Å²) in [7, 11) is 0. The van der Waals surface area contributed by atoms with Crippen LogP contribution in [0, 0.1) is 0 Å². The third-order valence-corrected chi connectivity index (χ3v) is 6.21. The molecule has 0 aromatic heterocycles. The lowest BCUT2D eigenvalue weighted by Gasteiger charge is -2.29. The summed E-state index contributed by atoms with van der Waals surface area (Å²) in [5.74, 6) is -0.471. The molecule has 1 N–H and O–H groups in total. The van der Waals surface area contributed by atoms with E-state index in [9.17, 15) is 14.4 Å². The highest BCUT2D eigenvalue weighted by Crippen LogP contribution is 2.30. The number of hydrogen-bond donors (Lipinski definition) is 1. The minimum atomic E-state index is -0.560. The second-order valence-electron chi connectivity index (χ2n) is 7.92. The zero-order valence-electron chi connectivity index (χ0n) is 17.2. The van der Waals surface area contributed by atoms with Gasteiger partial charge in [-0.3, -0.25) is 14.4 Å². The maximum absolute atomic E-state index is 13.0. The highest BCUT2D eigenvalue weighted by Gasteiger charge is 2.35. The van der Waals surface area contributed by atoms with Crippen LogP contribution in [-0.2, 0) is 16.0 Å². The Morgan fingerprint density at radius 3 is 2.45 bits per heavy atom. The lowest BCUT2D eigenvalue weighted by Crippen LogP contribution is -2.43. The normalized spacial score (nSPS) is 18.0. The first kappa shape index (κ1) is 21.7. The molecule has 6 nitrogen and oxygen atoms in total. The van der Waals surface area contributed by atoms with Gasteiger partial charge in [0.15, 0.2) is 0 Å². The first-order valence-electron chi connectivity index (χ1n) is 10.3. The molecule has 2 aliphatic rings. The third kappa shape index (κ3) is 4.55. The van der Waals surface area contributed by atoms with Crippen LogP contribution >= 0.6 is 23.2 Å². The van der Waals surface area contributed by atoms with Crippen molar-refractivity contribution in [2.75, 3.05) is 23.3 Å². The van der Waals surface area contributed by atoms with Gasteiger partial charge < -0.3 is 15.1 Å². The van der Waals surface area contributed by atoms with Crippen LogP contribution < -0.4 is 10.2 Å². The lowest BCUT2D eigenvalue weighted by atomic mass is 10.0. The standard InChI is InChI=1S/C23H23Cl2N3O3/c1-14(29)27-8-2-4-15-12-19(6-7-20(15)27)26-22(30)21-5-3-9-28(21)23(31)16-10-17(24)13-18(25)11-16/h6-7,10-13,21H,2-5,8-9H2,1H3,(H,26,30). The van der Waals surface area contributed by atoms with Crippen molar-refractivity contribution >= 4 is 52.3 Å². The summed E-state index contributed by atoms with van der Waals surface area (Å²) in [6.07, 6.45) is 3.08. The molecule has 0 radical (unpaired) electrons. The maximum Gasteiger partial charge on any atom is 0.254 e. The zero-order valence-corrected chi connectivity index (χ0v) is 18.7. The SMILES string of the molecule is CC(=O)N1CCCc2cc(NC(=O)C3CCCN3C(=O)c3cc(Cl)cc(Cl)c3)ccc21. The van der Waals surface area contributed by atoms with Crippen LogP contribution in [0.2, 0.25) is 10.0 Å². The molecule has 2 aliphatic heterocycles. The number of carbonyl (C=O) groups excluding carboxylic acids is 3. The smallest absolute Gasteiger partial charge is 0.254 e. The van der Waals surface area contributed by atoms with Gasteiger partial charge in [-0.15, -0.1) is 0 Å². The molecule has 31 heavy (non-hydrogen) atoms. The summed E-state index contributed by atoms with van der Waals surface area (Å²) in [5.41, 5.74) is 2.97. The summed E-state index contributed by atoms with van der Waals surface area (Å²) in [6, 6.07) is 9.72. The molecule has 3 amide bonds. The van der Waals surface area contributed by atoms with E-state index < -0.39 is 6.04 Å². The summed E-state index contributed by atoms with van der Waals surface area (Å²) in [4.78, 5) is 41.2. The largest absolute Gasteiger partial charge is 0.327 e. The van der Waals surface area contributed by atoms with Gasteiger partial charge in [-0.05, 0) is 67.6 Å². The lowest BCUT2D eigenvalue weighted by molar-refractivity contribution is -0.119. The number of nitrogens with zero attached hydrogens (tertiary/aromatic N) is 2. The number of halogens is 2. The predicted octanol–water partition coefficient (Wildman–Crippen LogP) is 4.54. The highest BCUT2D eigenvalue weighted by molar-refractivity contribution is 6.35. The van der Waals surface area contributed by atoms with E-state index in [0.29, 0.717) is 40.8 Å². The van der Waals surface area contributed by atoms with E-state index in [1.165, 1.54) is 0 Å². The molecular formula is C23H23Cl2N3O3. The summed E-state index contributed by atoms with van der Waals surface area (Å²) in [5, 5.41) is 3.71. The van der Waals surface area contributed by atoms with Crippen molar-refractivity contribution in [3.63, 3.8) is 0 Å². The first-order valence-corrected chi connectivity index (χ1v) is 11.1. The summed E-state index contributed by atoms with van der Waals surface area (Å²) < 4.78 is 0. The van der Waals surface area contributed by atoms with E-state index in [1.807, 2.05) is 12.1 Å². The van der Waals surface area contributed by atoms with Crippen LogP contribution in [0.15, 0.2) is 36.4 Å². The van der Waals surface area contributed by atoms with Gasteiger partial charge >= 0.3 is 0 Å². The number of benzene rings is 2. The number of carbonyl (C=O) groups is 3. The van der Waals surface area contributed by atoms with Crippen LogP contribution in [0.1, 0.15) is 42.1 Å². The van der Waals surface area contributed by atoms with Crippen LogP contribution in [0.5, 0.6) is 0 Å². The number of rotatable bonds is 3. The molecule has 8 heteroatoms. The van der Waals surface area contributed by atoms with E-state index in [1.54, 1.807) is 41.0 Å². The van der Waals surface area contributed by atoms with Crippen molar-refractivity contribution < 1.29 is 14.4 Å². The molecule has 1 saturated heterocycles. The minimum Gasteiger partial charge on any atom is -0.327 e. The van der Waals surface area contributed by atoms with Gasteiger partial charge in [-0.25, -0.2) is 0 Å². The van der Waals surface area contributed by atoms with Crippen LogP contribution in [0.25, 0.3) is 0 Å².